The second-order valence-electron chi connectivity index (χ2n) is 6.50. The summed E-state index contributed by atoms with van der Waals surface area (Å²) in [5.41, 5.74) is 7.20. The zero-order valence-corrected chi connectivity index (χ0v) is 16.0. The molecule has 2 heterocycles. The average molecular weight is 380 g/mol. The van der Waals surface area contributed by atoms with Gasteiger partial charge in [-0.1, -0.05) is 25.8 Å². The van der Waals surface area contributed by atoms with Gasteiger partial charge in [0.15, 0.2) is 0 Å². The number of aromatic nitrogens is 5. The molecule has 9 nitrogen and oxygen atoms in total. The second-order valence-corrected chi connectivity index (χ2v) is 6.50. The molecule has 3 rings (SSSR count). The minimum atomic E-state index is -0.599. The molecule has 28 heavy (non-hydrogen) atoms. The van der Waals surface area contributed by atoms with Crippen LogP contribution in [0.5, 0.6) is 0 Å². The van der Waals surface area contributed by atoms with Crippen LogP contribution in [0.25, 0.3) is 5.69 Å². The monoisotopic (exact) mass is 380 g/mol. The van der Waals surface area contributed by atoms with Crippen LogP contribution in [0.2, 0.25) is 0 Å². The number of primary amides is 1. The Bertz CT molecular complexity index is 925. The Balaban J connectivity index is 1.84. The number of carbonyl (C=O) groups excluding carboxylic acids is 1. The third-order valence-electron chi connectivity index (χ3n) is 4.18. The average Bonchev–Trinajstić information content (AvgIpc) is 3.21. The predicted molar refractivity (Wildman–Crippen MR) is 108 cm³/mol. The molecule has 0 saturated heterocycles. The highest BCUT2D eigenvalue weighted by Gasteiger charge is 2.14. The Kier molecular flexibility index (Phi) is 6.15. The topological polar surface area (TPSA) is 124 Å². The summed E-state index contributed by atoms with van der Waals surface area (Å²) < 4.78 is 0. The summed E-state index contributed by atoms with van der Waals surface area (Å²) in [4.78, 5) is 22.0. The highest BCUT2D eigenvalue weighted by molar-refractivity contribution is 5.98. The van der Waals surface area contributed by atoms with E-state index in [4.69, 9.17) is 5.73 Å². The maximum Gasteiger partial charge on any atom is 0.254 e. The van der Waals surface area contributed by atoms with Gasteiger partial charge in [-0.15, -0.1) is 0 Å². The fourth-order valence-corrected chi connectivity index (χ4v) is 2.72. The van der Waals surface area contributed by atoms with E-state index in [1.807, 2.05) is 24.3 Å². The number of hydrogen-bond donors (Lipinski definition) is 3. The number of amides is 1. The normalized spacial score (nSPS) is 11.8. The molecule has 2 aromatic heterocycles. The number of nitrogens with zero attached hydrogens (tertiary/aromatic N) is 5. The van der Waals surface area contributed by atoms with Crippen molar-refractivity contribution in [3.8, 4) is 5.69 Å². The number of anilines is 3. The Morgan fingerprint density at radius 1 is 1.29 bits per heavy atom. The quantitative estimate of drug-likeness (QED) is 0.521. The lowest BCUT2D eigenvalue weighted by atomic mass is 10.1. The van der Waals surface area contributed by atoms with E-state index >= 15 is 0 Å². The lowest BCUT2D eigenvalue weighted by molar-refractivity contribution is 0.100. The van der Waals surface area contributed by atoms with Crippen LogP contribution in [0, 0.1) is 0 Å². The van der Waals surface area contributed by atoms with Gasteiger partial charge in [-0.3, -0.25) is 4.79 Å². The van der Waals surface area contributed by atoms with Crippen LogP contribution in [-0.2, 0) is 0 Å². The van der Waals surface area contributed by atoms with Gasteiger partial charge in [-0.2, -0.15) is 20.0 Å². The smallest absolute Gasteiger partial charge is 0.254 e. The first kappa shape index (κ1) is 19.3. The number of nitrogens with two attached hydrogens (primary N) is 1. The molecule has 0 spiro atoms. The molecule has 0 fully saturated rings. The van der Waals surface area contributed by atoms with Crippen LogP contribution < -0.4 is 16.4 Å². The van der Waals surface area contributed by atoms with Gasteiger partial charge in [0.25, 0.3) is 5.91 Å². The third kappa shape index (κ3) is 4.81. The fourth-order valence-electron chi connectivity index (χ4n) is 2.72. The minimum absolute atomic E-state index is 0.217. The van der Waals surface area contributed by atoms with Crippen molar-refractivity contribution in [3.63, 3.8) is 0 Å². The molecule has 0 aliphatic heterocycles. The van der Waals surface area contributed by atoms with Gasteiger partial charge in [0.05, 0.1) is 18.1 Å². The Morgan fingerprint density at radius 3 is 2.79 bits per heavy atom. The molecule has 0 bridgehead atoms. The lowest BCUT2D eigenvalue weighted by Crippen LogP contribution is -2.20. The van der Waals surface area contributed by atoms with Crippen LogP contribution in [-0.4, -0.2) is 36.9 Å². The van der Waals surface area contributed by atoms with Crippen molar-refractivity contribution >= 4 is 23.4 Å². The number of rotatable bonds is 9. The van der Waals surface area contributed by atoms with Crippen LogP contribution in [0.3, 0.4) is 0 Å². The molecule has 0 aliphatic rings. The first-order valence-corrected chi connectivity index (χ1v) is 9.24. The molecular weight excluding hydrogens is 356 g/mol. The molecule has 0 aliphatic carbocycles. The maximum absolute atomic E-state index is 11.8. The largest absolute Gasteiger partial charge is 0.365 e. The number of hydrogen-bond acceptors (Lipinski definition) is 7. The lowest BCUT2D eigenvalue weighted by Gasteiger charge is -2.15. The van der Waals surface area contributed by atoms with Crippen molar-refractivity contribution in [2.24, 2.45) is 5.73 Å². The standard InChI is InChI=1S/C19H24N8O/c1-3-4-6-13(2)24-19-21-12-16(17(20)28)18(26-19)25-14-7-5-8-15(11-14)27-22-9-10-23-27/h5,7-13H,3-4,6H2,1-2H3,(H2,20,28)(H2,21,24,25,26)/t13-/m0/s1. The molecule has 9 heteroatoms. The Labute approximate surface area is 163 Å². The molecule has 4 N–H and O–H groups in total. The van der Waals surface area contributed by atoms with Crippen molar-refractivity contribution in [1.29, 1.82) is 0 Å². The summed E-state index contributed by atoms with van der Waals surface area (Å²) in [5.74, 6) is 0.192. The summed E-state index contributed by atoms with van der Waals surface area (Å²) in [7, 11) is 0. The van der Waals surface area contributed by atoms with Crippen molar-refractivity contribution in [2.45, 2.75) is 39.2 Å². The molecular formula is C19H24N8O. The predicted octanol–water partition coefficient (Wildman–Crippen LogP) is 2.89. The molecule has 1 amide bonds. The van der Waals surface area contributed by atoms with Crippen molar-refractivity contribution in [3.05, 3.63) is 48.4 Å². The molecule has 146 valence electrons. The first-order chi connectivity index (χ1) is 13.6. The second kappa shape index (κ2) is 8.94. The van der Waals surface area contributed by atoms with E-state index in [2.05, 4.69) is 44.6 Å². The van der Waals surface area contributed by atoms with Gasteiger partial charge in [0, 0.05) is 17.9 Å². The number of unbranched alkanes of at least 4 members (excludes halogenated alkanes) is 1. The summed E-state index contributed by atoms with van der Waals surface area (Å²) in [5, 5.41) is 14.7. The Morgan fingerprint density at radius 2 is 2.07 bits per heavy atom. The van der Waals surface area contributed by atoms with Gasteiger partial charge in [0.2, 0.25) is 5.95 Å². The van der Waals surface area contributed by atoms with Crippen LogP contribution in [0.4, 0.5) is 17.5 Å². The van der Waals surface area contributed by atoms with E-state index in [0.717, 1.165) is 30.6 Å². The van der Waals surface area contributed by atoms with E-state index in [1.165, 1.54) is 11.0 Å². The highest BCUT2D eigenvalue weighted by atomic mass is 16.1. The molecule has 1 atom stereocenters. The number of carbonyl (C=O) groups is 1. The minimum Gasteiger partial charge on any atom is -0.365 e. The van der Waals surface area contributed by atoms with E-state index in [1.54, 1.807) is 12.4 Å². The van der Waals surface area contributed by atoms with Crippen LogP contribution in [0.1, 0.15) is 43.5 Å². The van der Waals surface area contributed by atoms with Crippen molar-refractivity contribution in [2.75, 3.05) is 10.6 Å². The zero-order chi connectivity index (χ0) is 19.9. The van der Waals surface area contributed by atoms with Crippen molar-refractivity contribution < 1.29 is 4.79 Å². The highest BCUT2D eigenvalue weighted by Crippen LogP contribution is 2.22. The third-order valence-corrected chi connectivity index (χ3v) is 4.18. The van der Waals surface area contributed by atoms with Crippen LogP contribution in [0.15, 0.2) is 42.9 Å². The SMILES string of the molecule is CCCC[C@H](C)Nc1ncc(C(N)=O)c(Nc2cccc(-n3nccn3)c2)n1. The van der Waals surface area contributed by atoms with Gasteiger partial charge in [-0.05, 0) is 31.5 Å². The maximum atomic E-state index is 11.8. The molecule has 0 radical (unpaired) electrons. The van der Waals surface area contributed by atoms with Crippen LogP contribution >= 0.6 is 0 Å². The van der Waals surface area contributed by atoms with Gasteiger partial charge in [-0.25, -0.2) is 4.98 Å². The zero-order valence-electron chi connectivity index (χ0n) is 16.0. The number of benzene rings is 1. The van der Waals surface area contributed by atoms with Gasteiger partial charge < -0.3 is 16.4 Å². The molecule has 3 aromatic rings. The van der Waals surface area contributed by atoms with E-state index in [9.17, 15) is 4.79 Å². The van der Waals surface area contributed by atoms with Crippen molar-refractivity contribution in [1.82, 2.24) is 25.0 Å². The van der Waals surface area contributed by atoms with Gasteiger partial charge >= 0.3 is 0 Å². The number of nitrogens with one attached hydrogen (secondary N) is 2. The summed E-state index contributed by atoms with van der Waals surface area (Å²) in [6.45, 7) is 4.23. The van der Waals surface area contributed by atoms with E-state index in [0.29, 0.717) is 11.8 Å². The molecule has 0 unspecified atom stereocenters. The Hall–Kier alpha value is -3.49. The summed E-state index contributed by atoms with van der Waals surface area (Å²) in [6, 6.07) is 7.67. The summed E-state index contributed by atoms with van der Waals surface area (Å²) >= 11 is 0. The van der Waals surface area contributed by atoms with Gasteiger partial charge in [0.1, 0.15) is 11.4 Å². The van der Waals surface area contributed by atoms with E-state index in [-0.39, 0.29) is 11.6 Å². The molecule has 0 saturated carbocycles. The molecule has 1 aromatic carbocycles. The first-order valence-electron chi connectivity index (χ1n) is 9.24. The fraction of sp³-hybridized carbons (Fsp3) is 0.316. The van der Waals surface area contributed by atoms with E-state index < -0.39 is 5.91 Å². The summed E-state index contributed by atoms with van der Waals surface area (Å²) in [6.07, 6.45) is 7.90.